The lowest BCUT2D eigenvalue weighted by atomic mass is 10.0. The predicted molar refractivity (Wildman–Crippen MR) is 47.6 cm³/mol. The summed E-state index contributed by atoms with van der Waals surface area (Å²) in [6.07, 6.45) is 0.285. The zero-order valence-electron chi connectivity index (χ0n) is 7.66. The first kappa shape index (κ1) is 11.3. The van der Waals surface area contributed by atoms with Gasteiger partial charge in [-0.15, -0.1) is 0 Å². The van der Waals surface area contributed by atoms with E-state index < -0.39 is 7.72 Å². The molecule has 0 spiro atoms. The van der Waals surface area contributed by atoms with E-state index in [4.69, 9.17) is 9.63 Å². The molecule has 11 heavy (non-hydrogen) atoms. The molecule has 0 saturated carbocycles. The standard InChI is InChI=1S/C7H18O3P/c1-7(2,3)5-11(9,6-8)10-4/h8-9H,5-6H2,1-4H3/q+1. The third-order valence-corrected chi connectivity index (χ3v) is 3.85. The van der Waals surface area contributed by atoms with Gasteiger partial charge in [-0.1, -0.05) is 20.8 Å². The summed E-state index contributed by atoms with van der Waals surface area (Å²) in [7, 11) is -1.06. The van der Waals surface area contributed by atoms with Crippen molar-refractivity contribution in [3.8, 4) is 0 Å². The second-order valence-electron chi connectivity index (χ2n) is 3.89. The van der Waals surface area contributed by atoms with E-state index >= 15 is 0 Å². The molecular weight excluding hydrogens is 163 g/mol. The molecule has 2 N–H and O–H groups in total. The summed E-state index contributed by atoms with van der Waals surface area (Å²) in [6, 6.07) is 0. The molecule has 68 valence electrons. The van der Waals surface area contributed by atoms with Gasteiger partial charge in [-0.3, -0.25) is 0 Å². The van der Waals surface area contributed by atoms with Crippen LogP contribution in [0.1, 0.15) is 20.8 Å². The SMILES string of the molecule is CO[P+](O)(CO)CC(C)(C)C. The fraction of sp³-hybridized carbons (Fsp3) is 1.00. The Kier molecular flexibility index (Phi) is 3.92. The van der Waals surface area contributed by atoms with Crippen LogP contribution in [-0.4, -0.2) is 29.6 Å². The third kappa shape index (κ3) is 4.70. The van der Waals surface area contributed by atoms with Gasteiger partial charge in [0.15, 0.2) is 0 Å². The maximum atomic E-state index is 9.60. The number of aliphatic hydroxyl groups excluding tert-OH is 1. The molecule has 0 aliphatic rings. The zero-order valence-corrected chi connectivity index (χ0v) is 8.56. The number of rotatable bonds is 3. The van der Waals surface area contributed by atoms with Crippen LogP contribution in [0.15, 0.2) is 0 Å². The molecule has 0 aromatic carbocycles. The van der Waals surface area contributed by atoms with E-state index in [0.29, 0.717) is 6.16 Å². The van der Waals surface area contributed by atoms with E-state index in [0.717, 1.165) is 0 Å². The fourth-order valence-corrected chi connectivity index (χ4v) is 2.74. The highest BCUT2D eigenvalue weighted by atomic mass is 31.2. The lowest BCUT2D eigenvalue weighted by Gasteiger charge is -2.22. The first-order valence-electron chi connectivity index (χ1n) is 3.59. The lowest BCUT2D eigenvalue weighted by molar-refractivity contribution is 0.277. The van der Waals surface area contributed by atoms with Gasteiger partial charge in [0, 0.05) is 5.41 Å². The fourth-order valence-electron chi connectivity index (χ4n) is 0.913. The van der Waals surface area contributed by atoms with E-state index in [-0.39, 0.29) is 11.8 Å². The second kappa shape index (κ2) is 3.81. The van der Waals surface area contributed by atoms with Crippen molar-refractivity contribution in [1.82, 2.24) is 0 Å². The topological polar surface area (TPSA) is 49.7 Å². The summed E-state index contributed by atoms with van der Waals surface area (Å²) >= 11 is 0. The quantitative estimate of drug-likeness (QED) is 0.648. The van der Waals surface area contributed by atoms with Crippen LogP contribution in [0.5, 0.6) is 0 Å². The van der Waals surface area contributed by atoms with Crippen molar-refractivity contribution < 1.29 is 14.5 Å². The molecule has 0 saturated heterocycles. The Hall–Kier alpha value is 0.310. The molecule has 0 fully saturated rings. The monoisotopic (exact) mass is 181 g/mol. The van der Waals surface area contributed by atoms with E-state index in [1.54, 1.807) is 0 Å². The van der Waals surface area contributed by atoms with Gasteiger partial charge < -0.3 is 5.11 Å². The lowest BCUT2D eigenvalue weighted by Crippen LogP contribution is -2.17. The minimum absolute atomic E-state index is 0.00126. The van der Waals surface area contributed by atoms with Crippen LogP contribution in [-0.2, 0) is 4.52 Å². The van der Waals surface area contributed by atoms with E-state index in [1.165, 1.54) is 7.11 Å². The molecule has 0 radical (unpaired) electrons. The van der Waals surface area contributed by atoms with Crippen molar-refractivity contribution in [2.75, 3.05) is 19.6 Å². The van der Waals surface area contributed by atoms with Crippen molar-refractivity contribution in [2.24, 2.45) is 5.41 Å². The van der Waals surface area contributed by atoms with Gasteiger partial charge in [-0.25, -0.2) is 9.42 Å². The third-order valence-electron chi connectivity index (χ3n) is 1.28. The normalized spacial score (nSPS) is 18.0. The summed E-state index contributed by atoms with van der Waals surface area (Å²) < 4.78 is 4.88. The molecule has 0 aromatic heterocycles. The Morgan fingerprint density at radius 1 is 1.36 bits per heavy atom. The average Bonchev–Trinajstić information content (AvgIpc) is 1.84. The summed E-state index contributed by atoms with van der Waals surface area (Å²) in [5.74, 6) is 0. The molecule has 0 rings (SSSR count). The molecule has 0 amide bonds. The molecule has 1 atom stereocenters. The molecule has 0 aliphatic carbocycles. The largest absolute Gasteiger partial charge is 0.357 e. The van der Waals surface area contributed by atoms with Crippen molar-refractivity contribution in [3.05, 3.63) is 0 Å². The summed E-state index contributed by atoms with van der Waals surface area (Å²) in [6.45, 7) is 6.02. The number of aliphatic hydroxyl groups is 1. The molecule has 0 bridgehead atoms. The summed E-state index contributed by atoms with van der Waals surface area (Å²) in [5, 5.41) is 8.82. The van der Waals surface area contributed by atoms with E-state index in [1.807, 2.05) is 20.8 Å². The van der Waals surface area contributed by atoms with E-state index in [2.05, 4.69) is 0 Å². The van der Waals surface area contributed by atoms with Gasteiger partial charge in [0.05, 0.1) is 7.11 Å². The highest BCUT2D eigenvalue weighted by Gasteiger charge is 2.40. The predicted octanol–water partition coefficient (Wildman–Crippen LogP) is 1.47. The Morgan fingerprint density at radius 3 is 1.91 bits per heavy atom. The van der Waals surface area contributed by atoms with Gasteiger partial charge in [0.2, 0.25) is 6.35 Å². The summed E-state index contributed by atoms with van der Waals surface area (Å²) in [4.78, 5) is 9.60. The Bertz CT molecular complexity index is 115. The van der Waals surface area contributed by atoms with Crippen molar-refractivity contribution in [1.29, 1.82) is 0 Å². The average molecular weight is 181 g/mol. The summed E-state index contributed by atoms with van der Waals surface area (Å²) in [5.41, 5.74) is 0.00126. The van der Waals surface area contributed by atoms with Gasteiger partial charge in [-0.05, 0) is 0 Å². The highest BCUT2D eigenvalue weighted by Crippen LogP contribution is 2.57. The van der Waals surface area contributed by atoms with Gasteiger partial charge in [0.1, 0.15) is 6.16 Å². The van der Waals surface area contributed by atoms with Crippen LogP contribution >= 0.6 is 7.72 Å². The second-order valence-corrected chi connectivity index (χ2v) is 6.55. The van der Waals surface area contributed by atoms with Crippen LogP contribution < -0.4 is 0 Å². The minimum atomic E-state index is -2.50. The zero-order chi connectivity index (χ0) is 9.12. The number of hydrogen-bond acceptors (Lipinski definition) is 3. The molecular formula is C7H18O3P+. The Morgan fingerprint density at radius 2 is 1.82 bits per heavy atom. The van der Waals surface area contributed by atoms with Crippen molar-refractivity contribution >= 4 is 7.72 Å². The Balaban J connectivity index is 4.08. The van der Waals surface area contributed by atoms with Gasteiger partial charge >= 0.3 is 0 Å². The molecule has 0 heterocycles. The maximum absolute atomic E-state index is 9.60. The maximum Gasteiger partial charge on any atom is 0.296 e. The minimum Gasteiger partial charge on any atom is -0.357 e. The van der Waals surface area contributed by atoms with Crippen LogP contribution in [0.2, 0.25) is 0 Å². The van der Waals surface area contributed by atoms with Crippen LogP contribution in [0.3, 0.4) is 0 Å². The Labute approximate surface area is 68.9 Å². The number of hydrogen-bond donors (Lipinski definition) is 2. The molecule has 4 heteroatoms. The highest BCUT2D eigenvalue weighted by molar-refractivity contribution is 7.65. The molecule has 0 aliphatic heterocycles. The smallest absolute Gasteiger partial charge is 0.296 e. The van der Waals surface area contributed by atoms with Crippen LogP contribution in [0.4, 0.5) is 0 Å². The molecule has 3 nitrogen and oxygen atoms in total. The van der Waals surface area contributed by atoms with Gasteiger partial charge in [0.25, 0.3) is 7.72 Å². The van der Waals surface area contributed by atoms with Crippen LogP contribution in [0.25, 0.3) is 0 Å². The van der Waals surface area contributed by atoms with E-state index in [9.17, 15) is 4.89 Å². The van der Waals surface area contributed by atoms with Gasteiger partial charge in [-0.2, -0.15) is 0 Å². The molecule has 1 unspecified atom stereocenters. The van der Waals surface area contributed by atoms with Crippen LogP contribution in [0, 0.1) is 5.41 Å². The first-order chi connectivity index (χ1) is 4.83. The van der Waals surface area contributed by atoms with Crippen molar-refractivity contribution in [2.45, 2.75) is 20.8 Å². The first-order valence-corrected chi connectivity index (χ1v) is 5.62. The van der Waals surface area contributed by atoms with Crippen molar-refractivity contribution in [3.63, 3.8) is 0 Å². The molecule has 0 aromatic rings.